The lowest BCUT2D eigenvalue weighted by molar-refractivity contribution is -0.139. The summed E-state index contributed by atoms with van der Waals surface area (Å²) in [7, 11) is 1.46. The van der Waals surface area contributed by atoms with Gasteiger partial charge in [0.1, 0.15) is 0 Å². The molecule has 2 amide bonds. The number of hydrogen-bond acceptors (Lipinski definition) is 5. The average Bonchev–Trinajstić information content (AvgIpc) is 3.03. The van der Waals surface area contributed by atoms with Gasteiger partial charge in [-0.25, -0.2) is 4.98 Å². The van der Waals surface area contributed by atoms with Crippen LogP contribution in [0.25, 0.3) is 10.2 Å². The van der Waals surface area contributed by atoms with Crippen LogP contribution in [0.1, 0.15) is 12.8 Å². The Morgan fingerprint density at radius 1 is 1.26 bits per heavy atom. The molecule has 1 aromatic heterocycles. The van der Waals surface area contributed by atoms with E-state index in [1.54, 1.807) is 11.3 Å². The molecule has 2 heterocycles. The second-order valence-corrected chi connectivity index (χ2v) is 6.69. The fourth-order valence-electron chi connectivity index (χ4n) is 2.75. The predicted octanol–water partition coefficient (Wildman–Crippen LogP) is 1.37. The summed E-state index contributed by atoms with van der Waals surface area (Å²) < 4.78 is 1.21. The third-order valence-electron chi connectivity index (χ3n) is 4.15. The molecule has 3 rings (SSSR count). The van der Waals surface area contributed by atoms with E-state index in [0.29, 0.717) is 12.5 Å². The molecule has 1 aliphatic rings. The Labute approximate surface area is 138 Å². The molecule has 1 saturated heterocycles. The summed E-state index contributed by atoms with van der Waals surface area (Å²) in [6.45, 7) is 2.42. The molecule has 1 fully saturated rings. The van der Waals surface area contributed by atoms with Gasteiger partial charge in [-0.05, 0) is 30.9 Å². The van der Waals surface area contributed by atoms with Crippen LogP contribution in [0.15, 0.2) is 24.3 Å². The van der Waals surface area contributed by atoms with Crippen molar-refractivity contribution in [3.63, 3.8) is 0 Å². The molecule has 0 bridgehead atoms. The molecule has 1 aromatic carbocycles. The van der Waals surface area contributed by atoms with Crippen LogP contribution < -0.4 is 15.5 Å². The van der Waals surface area contributed by atoms with Gasteiger partial charge in [-0.3, -0.25) is 9.59 Å². The zero-order chi connectivity index (χ0) is 16.2. The van der Waals surface area contributed by atoms with Crippen molar-refractivity contribution in [3.05, 3.63) is 24.3 Å². The van der Waals surface area contributed by atoms with Crippen molar-refractivity contribution in [2.24, 2.45) is 5.92 Å². The van der Waals surface area contributed by atoms with Crippen LogP contribution in [0.3, 0.4) is 0 Å². The molecular formula is C16H20N4O2S. The first kappa shape index (κ1) is 15.7. The normalized spacial score (nSPS) is 15.6. The number of carbonyl (C=O) groups excluding carboxylic acids is 2. The van der Waals surface area contributed by atoms with Crippen LogP contribution in [0.2, 0.25) is 0 Å². The van der Waals surface area contributed by atoms with Crippen molar-refractivity contribution in [2.45, 2.75) is 12.8 Å². The molecular weight excluding hydrogens is 312 g/mol. The Bertz CT molecular complexity index is 674. The number of nitrogens with zero attached hydrogens (tertiary/aromatic N) is 2. The van der Waals surface area contributed by atoms with Crippen molar-refractivity contribution < 1.29 is 9.59 Å². The van der Waals surface area contributed by atoms with Gasteiger partial charge in [-0.1, -0.05) is 23.5 Å². The van der Waals surface area contributed by atoms with Gasteiger partial charge in [0.05, 0.1) is 10.2 Å². The molecule has 7 heteroatoms. The second kappa shape index (κ2) is 6.95. The molecule has 1 aliphatic heterocycles. The lowest BCUT2D eigenvalue weighted by atomic mass is 9.97. The highest BCUT2D eigenvalue weighted by Gasteiger charge is 2.22. The number of rotatable bonds is 3. The van der Waals surface area contributed by atoms with E-state index in [4.69, 9.17) is 4.98 Å². The maximum absolute atomic E-state index is 11.5. The number of para-hydroxylation sites is 1. The highest BCUT2D eigenvalue weighted by molar-refractivity contribution is 7.22. The van der Waals surface area contributed by atoms with Gasteiger partial charge in [0, 0.05) is 26.7 Å². The number of thiazole rings is 1. The third-order valence-corrected chi connectivity index (χ3v) is 5.25. The third kappa shape index (κ3) is 3.61. The number of hydrogen-bond donors (Lipinski definition) is 2. The van der Waals surface area contributed by atoms with Crippen molar-refractivity contribution >= 4 is 38.5 Å². The van der Waals surface area contributed by atoms with E-state index in [9.17, 15) is 9.59 Å². The minimum absolute atomic E-state index is 0.411. The van der Waals surface area contributed by atoms with Crippen molar-refractivity contribution in [1.29, 1.82) is 0 Å². The number of piperidine rings is 1. The number of nitrogens with one attached hydrogen (secondary N) is 2. The summed E-state index contributed by atoms with van der Waals surface area (Å²) in [6, 6.07) is 8.17. The van der Waals surface area contributed by atoms with Gasteiger partial charge in [-0.2, -0.15) is 0 Å². The second-order valence-electron chi connectivity index (χ2n) is 5.68. The minimum Gasteiger partial charge on any atom is -0.351 e. The summed E-state index contributed by atoms with van der Waals surface area (Å²) in [6.07, 6.45) is 1.98. The Kier molecular flexibility index (Phi) is 4.76. The average molecular weight is 332 g/mol. The Morgan fingerprint density at radius 3 is 2.70 bits per heavy atom. The van der Waals surface area contributed by atoms with E-state index in [1.165, 1.54) is 11.7 Å². The van der Waals surface area contributed by atoms with Gasteiger partial charge >= 0.3 is 11.8 Å². The number of anilines is 1. The molecule has 0 radical (unpaired) electrons. The van der Waals surface area contributed by atoms with Crippen molar-refractivity contribution in [3.8, 4) is 0 Å². The molecule has 23 heavy (non-hydrogen) atoms. The van der Waals surface area contributed by atoms with Crippen molar-refractivity contribution in [1.82, 2.24) is 15.6 Å². The number of amides is 2. The maximum atomic E-state index is 11.5. The standard InChI is InChI=1S/C16H20N4O2S/c1-17-14(21)15(22)18-10-11-6-8-20(9-7-11)16-19-12-4-2-3-5-13(12)23-16/h2-5,11H,6-10H2,1H3,(H,17,21)(H,18,22). The predicted molar refractivity (Wildman–Crippen MR) is 91.6 cm³/mol. The number of aromatic nitrogens is 1. The molecule has 6 nitrogen and oxygen atoms in total. The highest BCUT2D eigenvalue weighted by atomic mass is 32.1. The first-order valence-electron chi connectivity index (χ1n) is 7.78. The number of fused-ring (bicyclic) bond motifs is 1. The molecule has 0 spiro atoms. The van der Waals surface area contributed by atoms with Gasteiger partial charge in [0.25, 0.3) is 0 Å². The molecule has 0 aliphatic carbocycles. The van der Waals surface area contributed by atoms with Crippen LogP contribution in [0, 0.1) is 5.92 Å². The number of likely N-dealkylation sites (N-methyl/N-ethyl adjacent to an activating group) is 1. The quantitative estimate of drug-likeness (QED) is 0.833. The highest BCUT2D eigenvalue weighted by Crippen LogP contribution is 2.31. The minimum atomic E-state index is -0.586. The molecule has 2 aromatic rings. The largest absolute Gasteiger partial charge is 0.351 e. The van der Waals surface area contributed by atoms with Crippen molar-refractivity contribution in [2.75, 3.05) is 31.6 Å². The van der Waals surface area contributed by atoms with Gasteiger partial charge in [0.15, 0.2) is 5.13 Å². The van der Waals surface area contributed by atoms with Crippen LogP contribution >= 0.6 is 11.3 Å². The topological polar surface area (TPSA) is 74.3 Å². The van der Waals surface area contributed by atoms with Gasteiger partial charge < -0.3 is 15.5 Å². The van der Waals surface area contributed by atoms with E-state index in [-0.39, 0.29) is 0 Å². The van der Waals surface area contributed by atoms with E-state index in [1.807, 2.05) is 18.2 Å². The summed E-state index contributed by atoms with van der Waals surface area (Å²) in [5.74, 6) is -0.729. The Hall–Kier alpha value is -2.15. The fraction of sp³-hybridized carbons (Fsp3) is 0.438. The molecule has 2 N–H and O–H groups in total. The SMILES string of the molecule is CNC(=O)C(=O)NCC1CCN(c2nc3ccccc3s2)CC1. The molecule has 0 saturated carbocycles. The first-order chi connectivity index (χ1) is 11.2. The van der Waals surface area contributed by atoms with Crippen LogP contribution in [0.4, 0.5) is 5.13 Å². The van der Waals surface area contributed by atoms with E-state index >= 15 is 0 Å². The van der Waals surface area contributed by atoms with Gasteiger partial charge in [0.2, 0.25) is 0 Å². The molecule has 0 atom stereocenters. The molecule has 122 valence electrons. The molecule has 0 unspecified atom stereocenters. The van der Waals surface area contributed by atoms with Gasteiger partial charge in [-0.15, -0.1) is 0 Å². The van der Waals surface area contributed by atoms with E-state index < -0.39 is 11.8 Å². The summed E-state index contributed by atoms with van der Waals surface area (Å²) >= 11 is 1.72. The van der Waals surface area contributed by atoms with E-state index in [0.717, 1.165) is 36.6 Å². The monoisotopic (exact) mass is 332 g/mol. The Morgan fingerprint density at radius 2 is 2.00 bits per heavy atom. The van der Waals surface area contributed by atoms with E-state index in [2.05, 4.69) is 21.6 Å². The number of benzene rings is 1. The fourth-order valence-corrected chi connectivity index (χ4v) is 3.77. The zero-order valence-corrected chi connectivity index (χ0v) is 13.9. The maximum Gasteiger partial charge on any atom is 0.309 e. The summed E-state index contributed by atoms with van der Waals surface area (Å²) in [5, 5.41) is 6.09. The summed E-state index contributed by atoms with van der Waals surface area (Å²) in [5.41, 5.74) is 1.05. The number of carbonyl (C=O) groups is 2. The smallest absolute Gasteiger partial charge is 0.309 e. The van der Waals surface area contributed by atoms with Crippen LogP contribution in [0.5, 0.6) is 0 Å². The summed E-state index contributed by atoms with van der Waals surface area (Å²) in [4.78, 5) is 29.6. The van der Waals surface area contributed by atoms with Crippen LogP contribution in [-0.2, 0) is 9.59 Å². The lowest BCUT2D eigenvalue weighted by Gasteiger charge is -2.31. The Balaban J connectivity index is 1.52. The first-order valence-corrected chi connectivity index (χ1v) is 8.59. The lowest BCUT2D eigenvalue weighted by Crippen LogP contribution is -2.43. The zero-order valence-electron chi connectivity index (χ0n) is 13.0. The van der Waals surface area contributed by atoms with Crippen LogP contribution in [-0.4, -0.2) is 43.5 Å².